The van der Waals surface area contributed by atoms with Crippen LogP contribution in [-0.2, 0) is 16.1 Å². The first kappa shape index (κ1) is 32.4. The van der Waals surface area contributed by atoms with Crippen LogP contribution < -0.4 is 15.4 Å². The lowest BCUT2D eigenvalue weighted by atomic mass is 9.99. The molecule has 0 saturated carbocycles. The molecule has 0 saturated heterocycles. The molecule has 236 valence electrons. The fraction of sp³-hybridized carbons (Fsp3) is 0.345. The van der Waals surface area contributed by atoms with E-state index in [0.29, 0.717) is 35.3 Å². The van der Waals surface area contributed by atoms with Gasteiger partial charge in [0.05, 0.1) is 11.7 Å². The van der Waals surface area contributed by atoms with Gasteiger partial charge in [0.2, 0.25) is 0 Å². The molecule has 0 radical (unpaired) electrons. The first-order chi connectivity index (χ1) is 20.6. The van der Waals surface area contributed by atoms with Crippen molar-refractivity contribution in [2.24, 2.45) is 0 Å². The van der Waals surface area contributed by atoms with Crippen LogP contribution in [0.4, 0.5) is 31.1 Å². The standard InChI is InChI=1S/C29H28F6N4O5/c1-38(2)16-17-8-10-18(11-9-17)24-22(19-5-3-7-21(13-19)44-29(33,34)35)14-23-25(40)37-15-20(39(23)24)6-4-12-36-27(42)43-26(41)28(30,31)32/h3,5,7-11,13-14,20H,4,6,12,15-16H2,1-2H3,(H,36,42)(H,37,40)/t20-/m0/s1. The van der Waals surface area contributed by atoms with Gasteiger partial charge in [-0.15, -0.1) is 13.2 Å². The van der Waals surface area contributed by atoms with E-state index >= 15 is 0 Å². The maximum absolute atomic E-state index is 13.0. The molecule has 0 bridgehead atoms. The summed E-state index contributed by atoms with van der Waals surface area (Å²) in [7, 11) is 3.83. The normalized spacial score (nSPS) is 15.0. The second kappa shape index (κ2) is 13.0. The molecule has 3 aromatic rings. The number of benzene rings is 2. The highest BCUT2D eigenvalue weighted by Gasteiger charge is 2.42. The molecule has 2 N–H and O–H groups in total. The molecule has 0 aliphatic carbocycles. The Balaban J connectivity index is 1.67. The van der Waals surface area contributed by atoms with Crippen LogP contribution >= 0.6 is 0 Å². The number of nitrogens with one attached hydrogen (secondary N) is 2. The summed E-state index contributed by atoms with van der Waals surface area (Å²) in [6.07, 6.45) is -11.2. The van der Waals surface area contributed by atoms with Gasteiger partial charge in [-0.25, -0.2) is 9.59 Å². The van der Waals surface area contributed by atoms with Crippen LogP contribution in [0, 0.1) is 0 Å². The number of aromatic nitrogens is 1. The largest absolute Gasteiger partial charge is 0.573 e. The molecule has 1 aliphatic heterocycles. The molecule has 0 spiro atoms. The summed E-state index contributed by atoms with van der Waals surface area (Å²) < 4.78 is 85.5. The van der Waals surface area contributed by atoms with Crippen molar-refractivity contribution in [2.45, 2.75) is 38.0 Å². The third-order valence-corrected chi connectivity index (χ3v) is 6.64. The van der Waals surface area contributed by atoms with Crippen molar-refractivity contribution in [1.82, 2.24) is 20.1 Å². The van der Waals surface area contributed by atoms with Crippen LogP contribution in [-0.4, -0.2) is 67.2 Å². The van der Waals surface area contributed by atoms with Crippen LogP contribution in [0.15, 0.2) is 54.6 Å². The summed E-state index contributed by atoms with van der Waals surface area (Å²) in [5.74, 6) is -3.48. The Hall–Kier alpha value is -4.53. The summed E-state index contributed by atoms with van der Waals surface area (Å²) in [5.41, 5.74) is 3.33. The van der Waals surface area contributed by atoms with E-state index in [0.717, 1.165) is 5.56 Å². The average molecular weight is 627 g/mol. The number of halogens is 6. The summed E-state index contributed by atoms with van der Waals surface area (Å²) >= 11 is 0. The van der Waals surface area contributed by atoms with Gasteiger partial charge in [0.15, 0.2) is 0 Å². The van der Waals surface area contributed by atoms with Crippen molar-refractivity contribution in [1.29, 1.82) is 0 Å². The highest BCUT2D eigenvalue weighted by Crippen LogP contribution is 2.41. The molecule has 0 fully saturated rings. The number of fused-ring (bicyclic) bond motifs is 1. The minimum atomic E-state index is -5.32. The third-order valence-electron chi connectivity index (χ3n) is 6.64. The van der Waals surface area contributed by atoms with Crippen molar-refractivity contribution in [3.63, 3.8) is 0 Å². The van der Waals surface area contributed by atoms with Crippen molar-refractivity contribution >= 4 is 18.0 Å². The van der Waals surface area contributed by atoms with E-state index in [1.54, 1.807) is 16.7 Å². The maximum atomic E-state index is 13.0. The molecule has 2 heterocycles. The number of amides is 2. The molecule has 1 aromatic heterocycles. The number of nitrogens with zero attached hydrogens (tertiary/aromatic N) is 2. The number of alkyl halides is 6. The Morgan fingerprint density at radius 1 is 1.02 bits per heavy atom. The first-order valence-electron chi connectivity index (χ1n) is 13.3. The molecule has 9 nitrogen and oxygen atoms in total. The number of rotatable bonds is 9. The zero-order valence-corrected chi connectivity index (χ0v) is 23.5. The third kappa shape index (κ3) is 8.09. The quantitative estimate of drug-likeness (QED) is 0.138. The zero-order chi connectivity index (χ0) is 32.2. The SMILES string of the molecule is CN(C)Cc1ccc(-c2c(-c3cccc(OC(F)(F)F)c3)cc3n2[C@@H](CCCNC(=O)OC(=O)C(F)(F)F)CNC3=O)cc1. The second-order valence-electron chi connectivity index (χ2n) is 10.3. The predicted molar refractivity (Wildman–Crippen MR) is 146 cm³/mol. The van der Waals surface area contributed by atoms with Crippen LogP contribution in [0.3, 0.4) is 0 Å². The van der Waals surface area contributed by atoms with E-state index in [4.69, 9.17) is 0 Å². The fourth-order valence-electron chi connectivity index (χ4n) is 4.92. The van der Waals surface area contributed by atoms with Crippen molar-refractivity contribution in [3.05, 3.63) is 65.9 Å². The Labute approximate surface area is 247 Å². The molecule has 0 unspecified atom stereocenters. The van der Waals surface area contributed by atoms with Crippen molar-refractivity contribution < 1.29 is 50.2 Å². The molecule has 1 atom stereocenters. The number of alkyl carbamates (subject to hydrolysis) is 1. The number of carbonyl (C=O) groups excluding carboxylic acids is 3. The predicted octanol–water partition coefficient (Wildman–Crippen LogP) is 5.66. The Kier molecular flexibility index (Phi) is 9.56. The van der Waals surface area contributed by atoms with E-state index < -0.39 is 42.3 Å². The summed E-state index contributed by atoms with van der Waals surface area (Å²) in [4.78, 5) is 37.4. The minimum Gasteiger partial charge on any atom is -0.406 e. The fourth-order valence-corrected chi connectivity index (χ4v) is 4.92. The molecular weight excluding hydrogens is 598 g/mol. The van der Waals surface area contributed by atoms with Crippen LogP contribution in [0.1, 0.15) is 34.9 Å². The van der Waals surface area contributed by atoms with E-state index in [2.05, 4.69) is 20.1 Å². The smallest absolute Gasteiger partial charge is 0.406 e. The highest BCUT2D eigenvalue weighted by molar-refractivity contribution is 5.98. The number of esters is 1. The molecule has 44 heavy (non-hydrogen) atoms. The van der Waals surface area contributed by atoms with Gasteiger partial charge in [-0.1, -0.05) is 36.4 Å². The van der Waals surface area contributed by atoms with Gasteiger partial charge in [0.25, 0.3) is 5.91 Å². The number of hydrogen-bond donors (Lipinski definition) is 2. The van der Waals surface area contributed by atoms with Crippen LogP contribution in [0.5, 0.6) is 5.75 Å². The second-order valence-corrected chi connectivity index (χ2v) is 10.3. The molecule has 1 aliphatic rings. The molecule has 4 rings (SSSR count). The summed E-state index contributed by atoms with van der Waals surface area (Å²) in [5, 5.41) is 4.87. The topological polar surface area (TPSA) is 102 Å². The van der Waals surface area contributed by atoms with Gasteiger partial charge in [0.1, 0.15) is 11.4 Å². The van der Waals surface area contributed by atoms with Gasteiger partial charge < -0.3 is 29.6 Å². The van der Waals surface area contributed by atoms with E-state index in [1.807, 2.05) is 43.3 Å². The molecule has 2 amide bonds. The number of ether oxygens (including phenoxy) is 2. The van der Waals surface area contributed by atoms with Crippen molar-refractivity contribution in [3.8, 4) is 28.1 Å². The van der Waals surface area contributed by atoms with Gasteiger partial charge in [-0.05, 0) is 61.8 Å². The van der Waals surface area contributed by atoms with Gasteiger partial charge in [0, 0.05) is 25.2 Å². The Morgan fingerprint density at radius 3 is 2.36 bits per heavy atom. The summed E-state index contributed by atoms with van der Waals surface area (Å²) in [6.45, 7) is 0.689. The average Bonchev–Trinajstić information content (AvgIpc) is 3.33. The van der Waals surface area contributed by atoms with Gasteiger partial charge >= 0.3 is 24.6 Å². The van der Waals surface area contributed by atoms with E-state index in [1.165, 1.54) is 18.2 Å². The highest BCUT2D eigenvalue weighted by atomic mass is 19.4. The van der Waals surface area contributed by atoms with E-state index in [9.17, 15) is 40.7 Å². The lowest BCUT2D eigenvalue weighted by Gasteiger charge is -2.29. The molecule has 15 heteroatoms. The maximum Gasteiger partial charge on any atom is 0.573 e. The monoisotopic (exact) mass is 626 g/mol. The number of hydrogen-bond acceptors (Lipinski definition) is 6. The van der Waals surface area contributed by atoms with Gasteiger partial charge in [-0.2, -0.15) is 13.2 Å². The van der Waals surface area contributed by atoms with Crippen molar-refractivity contribution in [2.75, 3.05) is 27.2 Å². The van der Waals surface area contributed by atoms with Crippen LogP contribution in [0.2, 0.25) is 0 Å². The minimum absolute atomic E-state index is 0.136. The lowest BCUT2D eigenvalue weighted by molar-refractivity contribution is -0.274. The van der Waals surface area contributed by atoms with Gasteiger partial charge in [-0.3, -0.25) is 4.79 Å². The Morgan fingerprint density at radius 2 is 1.73 bits per heavy atom. The first-order valence-corrected chi connectivity index (χ1v) is 13.3. The Bertz CT molecular complexity index is 1520. The molecule has 2 aromatic carbocycles. The number of carbonyl (C=O) groups is 3. The van der Waals surface area contributed by atoms with E-state index in [-0.39, 0.29) is 25.2 Å². The summed E-state index contributed by atoms with van der Waals surface area (Å²) in [6, 6.07) is 14.1. The zero-order valence-electron chi connectivity index (χ0n) is 23.5. The molecular formula is C29H28F6N4O5. The van der Waals surface area contributed by atoms with Crippen LogP contribution in [0.25, 0.3) is 22.4 Å². The lowest BCUT2D eigenvalue weighted by Crippen LogP contribution is -2.39.